The third kappa shape index (κ3) is 3.73. The highest BCUT2D eigenvalue weighted by Crippen LogP contribution is 2.21. The van der Waals surface area contributed by atoms with Gasteiger partial charge in [-0.15, -0.1) is 0 Å². The molecule has 0 saturated carbocycles. The number of hydrogen-bond acceptors (Lipinski definition) is 4. The summed E-state index contributed by atoms with van der Waals surface area (Å²) in [5.74, 6) is 0. The van der Waals surface area contributed by atoms with E-state index in [1.54, 1.807) is 26.8 Å². The molecule has 6 heteroatoms. The van der Waals surface area contributed by atoms with Gasteiger partial charge in [0, 0.05) is 19.2 Å². The van der Waals surface area contributed by atoms with E-state index in [0.29, 0.717) is 5.69 Å². The number of ether oxygens (including phenoxy) is 1. The Bertz CT molecular complexity index is 465. The summed E-state index contributed by atoms with van der Waals surface area (Å²) in [4.78, 5) is 23.1. The van der Waals surface area contributed by atoms with Gasteiger partial charge in [0.15, 0.2) is 0 Å². The summed E-state index contributed by atoms with van der Waals surface area (Å²) in [6.07, 6.45) is -0.553. The number of benzene rings is 1. The van der Waals surface area contributed by atoms with Crippen molar-refractivity contribution in [1.29, 1.82) is 0 Å². The second-order valence-electron chi connectivity index (χ2n) is 4.82. The van der Waals surface area contributed by atoms with E-state index >= 15 is 0 Å². The van der Waals surface area contributed by atoms with Crippen molar-refractivity contribution in [3.05, 3.63) is 34.4 Å². The third-order valence-corrected chi connectivity index (χ3v) is 2.10. The zero-order chi connectivity index (χ0) is 13.9. The minimum absolute atomic E-state index is 0.0668. The lowest BCUT2D eigenvalue weighted by molar-refractivity contribution is -0.384. The Hall–Kier alpha value is -2.11. The summed E-state index contributed by atoms with van der Waals surface area (Å²) >= 11 is 0. The lowest BCUT2D eigenvalue weighted by Gasteiger charge is -2.24. The third-order valence-electron chi connectivity index (χ3n) is 2.10. The molecule has 0 bridgehead atoms. The molecule has 0 aliphatic heterocycles. The van der Waals surface area contributed by atoms with Crippen LogP contribution in [0, 0.1) is 10.1 Å². The Morgan fingerprint density at radius 1 is 1.39 bits per heavy atom. The molecule has 0 spiro atoms. The molecule has 0 aromatic heterocycles. The van der Waals surface area contributed by atoms with E-state index in [-0.39, 0.29) is 5.69 Å². The molecule has 0 fully saturated rings. The van der Waals surface area contributed by atoms with Crippen molar-refractivity contribution >= 4 is 17.5 Å². The van der Waals surface area contributed by atoms with Crippen LogP contribution in [-0.4, -0.2) is 23.7 Å². The van der Waals surface area contributed by atoms with Crippen LogP contribution in [0.3, 0.4) is 0 Å². The first-order chi connectivity index (χ1) is 8.20. The van der Waals surface area contributed by atoms with Gasteiger partial charge in [-0.2, -0.15) is 0 Å². The second kappa shape index (κ2) is 5.03. The van der Waals surface area contributed by atoms with Crippen LogP contribution < -0.4 is 4.90 Å². The van der Waals surface area contributed by atoms with Crippen molar-refractivity contribution in [2.24, 2.45) is 0 Å². The van der Waals surface area contributed by atoms with E-state index in [0.717, 1.165) is 0 Å². The van der Waals surface area contributed by atoms with Gasteiger partial charge in [0.05, 0.1) is 10.6 Å². The van der Waals surface area contributed by atoms with Crippen LogP contribution in [-0.2, 0) is 4.74 Å². The van der Waals surface area contributed by atoms with E-state index < -0.39 is 16.6 Å². The molecule has 0 radical (unpaired) electrons. The number of nitro groups is 1. The van der Waals surface area contributed by atoms with Crippen LogP contribution in [0.25, 0.3) is 0 Å². The fourth-order valence-electron chi connectivity index (χ4n) is 1.25. The molecule has 0 N–H and O–H groups in total. The number of rotatable bonds is 2. The van der Waals surface area contributed by atoms with Crippen molar-refractivity contribution in [2.75, 3.05) is 11.9 Å². The molecular formula is C12H16N2O4. The van der Waals surface area contributed by atoms with Crippen LogP contribution in [0.5, 0.6) is 0 Å². The molecule has 6 nitrogen and oxygen atoms in total. The molecule has 0 saturated heterocycles. The average Bonchev–Trinajstić information content (AvgIpc) is 2.26. The van der Waals surface area contributed by atoms with E-state index in [4.69, 9.17) is 4.74 Å². The zero-order valence-electron chi connectivity index (χ0n) is 10.8. The van der Waals surface area contributed by atoms with Gasteiger partial charge in [0.1, 0.15) is 5.60 Å². The largest absolute Gasteiger partial charge is 0.443 e. The maximum Gasteiger partial charge on any atom is 0.414 e. The van der Waals surface area contributed by atoms with Crippen molar-refractivity contribution in [3.8, 4) is 0 Å². The maximum absolute atomic E-state index is 11.8. The topological polar surface area (TPSA) is 72.7 Å². The molecule has 1 aromatic carbocycles. The quantitative estimate of drug-likeness (QED) is 0.599. The number of amides is 1. The molecule has 0 aliphatic rings. The Labute approximate surface area is 105 Å². The molecule has 1 rings (SSSR count). The smallest absolute Gasteiger partial charge is 0.414 e. The summed E-state index contributed by atoms with van der Waals surface area (Å²) in [6, 6.07) is 5.82. The fraction of sp³-hybridized carbons (Fsp3) is 0.417. The van der Waals surface area contributed by atoms with Gasteiger partial charge in [-0.05, 0) is 26.8 Å². The maximum atomic E-state index is 11.8. The van der Waals surface area contributed by atoms with Crippen LogP contribution in [0.2, 0.25) is 0 Å². The SMILES string of the molecule is CN(C(=O)OC(C)(C)C)c1cccc([N+](=O)[O-])c1. The molecule has 0 heterocycles. The van der Waals surface area contributed by atoms with E-state index in [9.17, 15) is 14.9 Å². The summed E-state index contributed by atoms with van der Waals surface area (Å²) in [5.41, 5.74) is -0.257. The first-order valence-corrected chi connectivity index (χ1v) is 5.42. The normalized spacial score (nSPS) is 10.9. The van der Waals surface area contributed by atoms with Crippen LogP contribution in [0.1, 0.15) is 20.8 Å². The first-order valence-electron chi connectivity index (χ1n) is 5.42. The number of non-ortho nitro benzene ring substituents is 1. The summed E-state index contributed by atoms with van der Waals surface area (Å²) in [6.45, 7) is 5.27. The van der Waals surface area contributed by atoms with Gasteiger partial charge in [-0.1, -0.05) is 6.07 Å². The summed E-state index contributed by atoms with van der Waals surface area (Å²) in [7, 11) is 1.51. The summed E-state index contributed by atoms with van der Waals surface area (Å²) < 4.78 is 5.17. The molecular weight excluding hydrogens is 236 g/mol. The fourth-order valence-corrected chi connectivity index (χ4v) is 1.25. The van der Waals surface area contributed by atoms with E-state index in [1.807, 2.05) is 0 Å². The molecule has 0 atom stereocenters. The highest BCUT2D eigenvalue weighted by atomic mass is 16.6. The van der Waals surface area contributed by atoms with Crippen LogP contribution in [0.4, 0.5) is 16.2 Å². The van der Waals surface area contributed by atoms with Gasteiger partial charge in [-0.3, -0.25) is 15.0 Å². The van der Waals surface area contributed by atoms with Gasteiger partial charge >= 0.3 is 6.09 Å². The highest BCUT2D eigenvalue weighted by Gasteiger charge is 2.21. The number of hydrogen-bond donors (Lipinski definition) is 0. The molecule has 1 amide bonds. The van der Waals surface area contributed by atoms with Crippen LogP contribution in [0.15, 0.2) is 24.3 Å². The van der Waals surface area contributed by atoms with Gasteiger partial charge in [0.25, 0.3) is 5.69 Å². The lowest BCUT2D eigenvalue weighted by atomic mass is 10.2. The predicted octanol–water partition coefficient (Wildman–Crippen LogP) is 2.97. The highest BCUT2D eigenvalue weighted by molar-refractivity contribution is 5.87. The Morgan fingerprint density at radius 2 is 2.00 bits per heavy atom. The molecule has 1 aromatic rings. The number of carbonyl (C=O) groups excluding carboxylic acids is 1. The van der Waals surface area contributed by atoms with E-state index in [2.05, 4.69) is 0 Å². The van der Waals surface area contributed by atoms with Gasteiger partial charge in [-0.25, -0.2) is 4.79 Å². The monoisotopic (exact) mass is 252 g/mol. The second-order valence-corrected chi connectivity index (χ2v) is 4.82. The van der Waals surface area contributed by atoms with Crippen molar-refractivity contribution in [2.45, 2.75) is 26.4 Å². The van der Waals surface area contributed by atoms with Crippen molar-refractivity contribution < 1.29 is 14.5 Å². The Kier molecular flexibility index (Phi) is 3.90. The standard InChI is InChI=1S/C12H16N2O4/c1-12(2,3)18-11(15)13(4)9-6-5-7-10(8-9)14(16)17/h5-8H,1-4H3. The average molecular weight is 252 g/mol. The minimum atomic E-state index is -0.605. The van der Waals surface area contributed by atoms with Gasteiger partial charge < -0.3 is 4.74 Å². The first kappa shape index (κ1) is 14.0. The van der Waals surface area contributed by atoms with Gasteiger partial charge in [0.2, 0.25) is 0 Å². The van der Waals surface area contributed by atoms with Crippen LogP contribution >= 0.6 is 0 Å². The molecule has 0 unspecified atom stereocenters. The lowest BCUT2D eigenvalue weighted by Crippen LogP contribution is -2.34. The molecule has 98 valence electrons. The minimum Gasteiger partial charge on any atom is -0.443 e. The van der Waals surface area contributed by atoms with E-state index in [1.165, 1.54) is 30.1 Å². The Morgan fingerprint density at radius 3 is 2.50 bits per heavy atom. The number of nitrogens with zero attached hydrogens (tertiary/aromatic N) is 2. The zero-order valence-corrected chi connectivity index (χ0v) is 10.8. The number of carbonyl (C=O) groups is 1. The number of anilines is 1. The summed E-state index contributed by atoms with van der Waals surface area (Å²) in [5, 5.41) is 10.6. The predicted molar refractivity (Wildman–Crippen MR) is 67.7 cm³/mol. The Balaban J connectivity index is 2.90. The number of nitro benzene ring substituents is 1. The molecule has 0 aliphatic carbocycles. The van der Waals surface area contributed by atoms with Crippen molar-refractivity contribution in [3.63, 3.8) is 0 Å². The van der Waals surface area contributed by atoms with Crippen molar-refractivity contribution in [1.82, 2.24) is 0 Å². The molecule has 18 heavy (non-hydrogen) atoms.